The first kappa shape index (κ1) is 18.2. The number of hydrogen-bond acceptors (Lipinski definition) is 6. The van der Waals surface area contributed by atoms with Gasteiger partial charge in [0.25, 0.3) is 0 Å². The minimum atomic E-state index is -0.711. The lowest BCUT2D eigenvalue weighted by Crippen LogP contribution is -2.42. The maximum Gasteiger partial charge on any atom is 0.328 e. The monoisotopic (exact) mass is 293 g/mol. The van der Waals surface area contributed by atoms with E-state index < -0.39 is 17.4 Å². The molecule has 0 bridgehead atoms. The SMILES string of the molecule is CCC(=O)NC(C)C(=O)OCC(CC)(CO)COS. The molecule has 0 rings (SSSR count). The third-order valence-corrected chi connectivity index (χ3v) is 3.16. The van der Waals surface area contributed by atoms with Gasteiger partial charge in [-0.3, -0.25) is 4.79 Å². The predicted molar refractivity (Wildman–Crippen MR) is 73.6 cm³/mol. The second kappa shape index (κ2) is 9.17. The summed E-state index contributed by atoms with van der Waals surface area (Å²) in [7, 11) is 0. The molecule has 0 aromatic rings. The van der Waals surface area contributed by atoms with E-state index in [2.05, 4.69) is 18.2 Å². The molecule has 0 spiro atoms. The van der Waals surface area contributed by atoms with Crippen molar-refractivity contribution in [2.75, 3.05) is 19.8 Å². The van der Waals surface area contributed by atoms with Crippen LogP contribution in [0.2, 0.25) is 0 Å². The highest BCUT2D eigenvalue weighted by Gasteiger charge is 2.30. The first-order chi connectivity index (χ1) is 8.94. The van der Waals surface area contributed by atoms with Crippen molar-refractivity contribution >= 4 is 24.8 Å². The highest BCUT2D eigenvalue weighted by Crippen LogP contribution is 2.23. The molecule has 0 saturated carbocycles. The quantitative estimate of drug-likeness (QED) is 0.331. The van der Waals surface area contributed by atoms with Gasteiger partial charge in [0.1, 0.15) is 12.6 Å². The molecule has 2 N–H and O–H groups in total. The zero-order valence-electron chi connectivity index (χ0n) is 11.6. The predicted octanol–water partition coefficient (Wildman–Crippen LogP) is 0.694. The van der Waals surface area contributed by atoms with Crippen molar-refractivity contribution in [3.63, 3.8) is 0 Å². The molecule has 0 saturated heterocycles. The van der Waals surface area contributed by atoms with Crippen LogP contribution in [0.25, 0.3) is 0 Å². The molecule has 19 heavy (non-hydrogen) atoms. The van der Waals surface area contributed by atoms with Gasteiger partial charge >= 0.3 is 5.97 Å². The van der Waals surface area contributed by atoms with Gasteiger partial charge in [0.05, 0.1) is 18.6 Å². The van der Waals surface area contributed by atoms with E-state index in [1.807, 2.05) is 6.92 Å². The highest BCUT2D eigenvalue weighted by molar-refractivity contribution is 7.75. The first-order valence-corrected chi connectivity index (χ1v) is 6.64. The van der Waals surface area contributed by atoms with E-state index in [0.717, 1.165) is 0 Å². The Bertz CT molecular complexity index is 294. The van der Waals surface area contributed by atoms with E-state index in [-0.39, 0.29) is 25.7 Å². The van der Waals surface area contributed by atoms with Crippen LogP contribution in [0.4, 0.5) is 0 Å². The molecule has 7 heteroatoms. The van der Waals surface area contributed by atoms with Crippen molar-refractivity contribution in [3.8, 4) is 0 Å². The number of thiol groups is 1. The molecular formula is C12H23NO5S. The van der Waals surface area contributed by atoms with Crippen LogP contribution in [-0.4, -0.2) is 42.8 Å². The Morgan fingerprint density at radius 2 is 2.00 bits per heavy atom. The van der Waals surface area contributed by atoms with Gasteiger partial charge in [0.2, 0.25) is 5.91 Å². The third kappa shape index (κ3) is 6.26. The number of aliphatic hydroxyl groups is 1. The second-order valence-corrected chi connectivity index (χ2v) is 4.79. The normalized spacial score (nSPS) is 15.4. The lowest BCUT2D eigenvalue weighted by Gasteiger charge is -2.29. The average molecular weight is 293 g/mol. The van der Waals surface area contributed by atoms with Crippen molar-refractivity contribution in [2.24, 2.45) is 5.41 Å². The van der Waals surface area contributed by atoms with Crippen LogP contribution < -0.4 is 5.32 Å². The summed E-state index contributed by atoms with van der Waals surface area (Å²) < 4.78 is 9.86. The van der Waals surface area contributed by atoms with E-state index in [1.165, 1.54) is 0 Å². The molecule has 0 radical (unpaired) electrons. The number of rotatable bonds is 9. The molecule has 0 aromatic heterocycles. The molecule has 2 unspecified atom stereocenters. The summed E-state index contributed by atoms with van der Waals surface area (Å²) in [6.07, 6.45) is 0.883. The van der Waals surface area contributed by atoms with Gasteiger partial charge in [0.15, 0.2) is 0 Å². The second-order valence-electron chi connectivity index (χ2n) is 4.54. The molecule has 0 heterocycles. The molecule has 112 valence electrons. The first-order valence-electron chi connectivity index (χ1n) is 6.28. The van der Waals surface area contributed by atoms with Crippen LogP contribution in [0, 0.1) is 5.41 Å². The molecule has 0 aliphatic heterocycles. The van der Waals surface area contributed by atoms with E-state index in [9.17, 15) is 14.7 Å². The number of aliphatic hydroxyl groups excluding tert-OH is 1. The Morgan fingerprint density at radius 1 is 1.37 bits per heavy atom. The van der Waals surface area contributed by atoms with E-state index in [4.69, 9.17) is 8.92 Å². The van der Waals surface area contributed by atoms with Crippen LogP contribution in [-0.2, 0) is 18.5 Å². The molecule has 1 amide bonds. The summed E-state index contributed by atoms with van der Waals surface area (Å²) in [5, 5.41) is 11.9. The molecular weight excluding hydrogens is 270 g/mol. The summed E-state index contributed by atoms with van der Waals surface area (Å²) in [5.41, 5.74) is -0.661. The Hall–Kier alpha value is -0.790. The standard InChI is InChI=1S/C12H23NO5S/c1-4-10(15)13-9(3)11(16)17-7-12(5-2,6-14)8-18-19/h9,14,19H,4-8H2,1-3H3,(H,13,15). The van der Waals surface area contributed by atoms with Crippen molar-refractivity contribution < 1.29 is 23.6 Å². The largest absolute Gasteiger partial charge is 0.463 e. The Morgan fingerprint density at radius 3 is 2.42 bits per heavy atom. The fourth-order valence-electron chi connectivity index (χ4n) is 1.34. The number of esters is 1. The average Bonchev–Trinajstić information content (AvgIpc) is 2.42. The summed E-state index contributed by atoms with van der Waals surface area (Å²) in [6, 6.07) is -0.711. The van der Waals surface area contributed by atoms with Gasteiger partial charge in [-0.25, -0.2) is 4.79 Å². The highest BCUT2D eigenvalue weighted by atomic mass is 32.1. The lowest BCUT2D eigenvalue weighted by atomic mass is 9.88. The number of ether oxygens (including phenoxy) is 1. The number of carbonyl (C=O) groups excluding carboxylic acids is 2. The van der Waals surface area contributed by atoms with Crippen molar-refractivity contribution in [3.05, 3.63) is 0 Å². The summed E-state index contributed by atoms with van der Waals surface area (Å²) in [5.74, 6) is -0.751. The minimum Gasteiger partial charge on any atom is -0.463 e. The van der Waals surface area contributed by atoms with Crippen molar-refractivity contribution in [1.82, 2.24) is 5.32 Å². The summed E-state index contributed by atoms with van der Waals surface area (Å²) in [4.78, 5) is 22.9. The van der Waals surface area contributed by atoms with Crippen LogP contribution in [0.1, 0.15) is 33.6 Å². The molecule has 6 nitrogen and oxygen atoms in total. The Kier molecular flexibility index (Phi) is 8.79. The van der Waals surface area contributed by atoms with Gasteiger partial charge in [-0.05, 0) is 26.3 Å². The molecule has 2 atom stereocenters. The molecule has 0 fully saturated rings. The third-order valence-electron chi connectivity index (χ3n) is 3.03. The zero-order chi connectivity index (χ0) is 14.9. The summed E-state index contributed by atoms with van der Waals surface area (Å²) >= 11 is 3.66. The summed E-state index contributed by atoms with van der Waals surface area (Å²) in [6.45, 7) is 5.13. The number of hydrogen-bond donors (Lipinski definition) is 3. The Balaban J connectivity index is 4.35. The fourth-order valence-corrected chi connectivity index (χ4v) is 1.61. The van der Waals surface area contributed by atoms with Gasteiger partial charge in [-0.1, -0.05) is 13.8 Å². The maximum absolute atomic E-state index is 11.7. The molecule has 0 aliphatic rings. The lowest BCUT2D eigenvalue weighted by molar-refractivity contribution is -0.152. The van der Waals surface area contributed by atoms with Gasteiger partial charge in [-0.15, -0.1) is 0 Å². The van der Waals surface area contributed by atoms with Crippen LogP contribution in [0.3, 0.4) is 0 Å². The van der Waals surface area contributed by atoms with E-state index in [0.29, 0.717) is 12.8 Å². The van der Waals surface area contributed by atoms with E-state index in [1.54, 1.807) is 13.8 Å². The smallest absolute Gasteiger partial charge is 0.328 e. The number of amides is 1. The number of carbonyl (C=O) groups is 2. The van der Waals surface area contributed by atoms with Gasteiger partial charge in [-0.2, -0.15) is 0 Å². The van der Waals surface area contributed by atoms with E-state index >= 15 is 0 Å². The van der Waals surface area contributed by atoms with Crippen molar-refractivity contribution in [1.29, 1.82) is 0 Å². The van der Waals surface area contributed by atoms with Crippen LogP contribution in [0.5, 0.6) is 0 Å². The topological polar surface area (TPSA) is 84.9 Å². The maximum atomic E-state index is 11.7. The number of nitrogens with one attached hydrogen (secondary N) is 1. The fraction of sp³-hybridized carbons (Fsp3) is 0.833. The molecule has 0 aliphatic carbocycles. The van der Waals surface area contributed by atoms with Crippen LogP contribution in [0.15, 0.2) is 0 Å². The van der Waals surface area contributed by atoms with Gasteiger partial charge < -0.3 is 19.3 Å². The minimum absolute atomic E-state index is 0.0196. The van der Waals surface area contributed by atoms with Gasteiger partial charge in [0, 0.05) is 6.42 Å². The zero-order valence-corrected chi connectivity index (χ0v) is 12.5. The van der Waals surface area contributed by atoms with Crippen LogP contribution >= 0.6 is 12.9 Å². The van der Waals surface area contributed by atoms with Crippen molar-refractivity contribution in [2.45, 2.75) is 39.7 Å². The Labute approximate surface area is 119 Å². The molecule has 0 aromatic carbocycles.